The highest BCUT2D eigenvalue weighted by Crippen LogP contribution is 2.24. The van der Waals surface area contributed by atoms with Crippen LogP contribution in [0.2, 0.25) is 0 Å². The van der Waals surface area contributed by atoms with Gasteiger partial charge in [-0.25, -0.2) is 4.73 Å². The molecular weight excluding hydrogens is 316 g/mol. The number of carbonyl (C=O) groups excluding carboxylic acids is 1. The molecule has 0 bridgehead atoms. The van der Waals surface area contributed by atoms with Gasteiger partial charge in [-0.1, -0.05) is 6.07 Å². The van der Waals surface area contributed by atoms with E-state index in [2.05, 4.69) is 0 Å². The summed E-state index contributed by atoms with van der Waals surface area (Å²) < 4.78 is 6.50. The standard InChI is InChI=1S/C16H10N2O4S/c19-15(14-4-2-8-23-14)10-5-6-11-12(9-10)18(21)16(17(11)20)13-3-1-7-22-13/h1-9,20H. The highest BCUT2D eigenvalue weighted by molar-refractivity contribution is 7.12. The van der Waals surface area contributed by atoms with Crippen LogP contribution in [-0.4, -0.2) is 15.7 Å². The predicted molar refractivity (Wildman–Crippen MR) is 83.5 cm³/mol. The van der Waals surface area contributed by atoms with Gasteiger partial charge in [-0.15, -0.1) is 11.3 Å². The van der Waals surface area contributed by atoms with Gasteiger partial charge >= 0.3 is 5.82 Å². The number of thiophene rings is 1. The van der Waals surface area contributed by atoms with Crippen molar-refractivity contribution in [2.24, 2.45) is 0 Å². The number of imidazole rings is 1. The fraction of sp³-hybridized carbons (Fsp3) is 0. The molecule has 0 aliphatic heterocycles. The molecule has 4 aromatic rings. The SMILES string of the molecule is O=C(c1ccc2c(c1)[n+]([O-])c(-c1ccco1)n2O)c1cccs1. The van der Waals surface area contributed by atoms with E-state index in [0.29, 0.717) is 20.7 Å². The third kappa shape index (κ3) is 2.01. The summed E-state index contributed by atoms with van der Waals surface area (Å²) in [5, 5.41) is 24.5. The van der Waals surface area contributed by atoms with E-state index in [9.17, 15) is 15.2 Å². The lowest BCUT2D eigenvalue weighted by Gasteiger charge is -2.01. The van der Waals surface area contributed by atoms with Crippen LogP contribution in [0.25, 0.3) is 22.6 Å². The van der Waals surface area contributed by atoms with Crippen LogP contribution in [0.3, 0.4) is 0 Å². The zero-order chi connectivity index (χ0) is 16.0. The summed E-state index contributed by atoms with van der Waals surface area (Å²) >= 11 is 1.34. The second kappa shape index (κ2) is 4.99. The lowest BCUT2D eigenvalue weighted by molar-refractivity contribution is -0.567. The minimum absolute atomic E-state index is 0.0364. The van der Waals surface area contributed by atoms with E-state index >= 15 is 0 Å². The van der Waals surface area contributed by atoms with Crippen molar-refractivity contribution in [3.63, 3.8) is 0 Å². The fourth-order valence-electron chi connectivity index (χ4n) is 2.48. The number of aromatic nitrogens is 2. The number of benzene rings is 1. The van der Waals surface area contributed by atoms with Crippen LogP contribution < -0.4 is 4.73 Å². The van der Waals surface area contributed by atoms with Gasteiger partial charge in [-0.2, -0.15) is 0 Å². The van der Waals surface area contributed by atoms with Crippen LogP contribution in [-0.2, 0) is 0 Å². The zero-order valence-corrected chi connectivity index (χ0v) is 12.5. The molecule has 6 nitrogen and oxygen atoms in total. The molecule has 0 amide bonds. The van der Waals surface area contributed by atoms with E-state index in [1.807, 2.05) is 5.38 Å². The van der Waals surface area contributed by atoms with Crippen LogP contribution in [0.15, 0.2) is 58.5 Å². The van der Waals surface area contributed by atoms with Gasteiger partial charge in [-0.05, 0) is 40.4 Å². The molecule has 114 valence electrons. The molecule has 3 aromatic heterocycles. The molecular formula is C16H10N2O4S. The first-order chi connectivity index (χ1) is 11.2. The van der Waals surface area contributed by atoms with Crippen molar-refractivity contribution in [1.82, 2.24) is 4.73 Å². The molecule has 4 rings (SSSR count). The van der Waals surface area contributed by atoms with Crippen LogP contribution in [0, 0.1) is 5.21 Å². The molecule has 0 atom stereocenters. The zero-order valence-electron chi connectivity index (χ0n) is 11.7. The molecule has 0 aliphatic rings. The number of rotatable bonds is 3. The number of ketones is 1. The van der Waals surface area contributed by atoms with Gasteiger partial charge in [-0.3, -0.25) is 4.79 Å². The second-order valence-electron chi connectivity index (χ2n) is 4.92. The Morgan fingerprint density at radius 2 is 2.13 bits per heavy atom. The Labute approximate surface area is 134 Å². The fourth-order valence-corrected chi connectivity index (χ4v) is 3.17. The average molecular weight is 326 g/mol. The van der Waals surface area contributed by atoms with E-state index in [1.165, 1.54) is 29.7 Å². The van der Waals surface area contributed by atoms with E-state index < -0.39 is 0 Å². The number of fused-ring (bicyclic) bond motifs is 1. The third-order valence-corrected chi connectivity index (χ3v) is 4.43. The first-order valence-electron chi connectivity index (χ1n) is 6.76. The van der Waals surface area contributed by atoms with Crippen molar-refractivity contribution in [2.45, 2.75) is 0 Å². The van der Waals surface area contributed by atoms with E-state index in [4.69, 9.17) is 4.42 Å². The Kier molecular flexibility index (Phi) is 2.95. The maximum absolute atomic E-state index is 12.5. The van der Waals surface area contributed by atoms with Gasteiger partial charge in [0.25, 0.3) is 0 Å². The third-order valence-electron chi connectivity index (χ3n) is 3.56. The lowest BCUT2D eigenvalue weighted by atomic mass is 10.1. The first-order valence-corrected chi connectivity index (χ1v) is 7.64. The Bertz CT molecular complexity index is 1000. The summed E-state index contributed by atoms with van der Waals surface area (Å²) in [6.07, 6.45) is 1.42. The Balaban J connectivity index is 1.90. The van der Waals surface area contributed by atoms with Crippen LogP contribution in [0.1, 0.15) is 15.2 Å². The van der Waals surface area contributed by atoms with E-state index in [-0.39, 0.29) is 22.9 Å². The molecule has 0 fully saturated rings. The highest BCUT2D eigenvalue weighted by atomic mass is 32.1. The number of carbonyl (C=O) groups is 1. The number of nitrogens with zero attached hydrogens (tertiary/aromatic N) is 2. The van der Waals surface area contributed by atoms with Crippen LogP contribution in [0.5, 0.6) is 0 Å². The summed E-state index contributed by atoms with van der Waals surface area (Å²) in [7, 11) is 0. The van der Waals surface area contributed by atoms with E-state index in [0.717, 1.165) is 4.73 Å². The molecule has 0 radical (unpaired) electrons. The quantitative estimate of drug-likeness (QED) is 0.271. The average Bonchev–Trinajstić information content (AvgIpc) is 3.29. The number of hydrogen-bond acceptors (Lipinski definition) is 5. The van der Waals surface area contributed by atoms with Gasteiger partial charge < -0.3 is 14.8 Å². The Morgan fingerprint density at radius 1 is 1.26 bits per heavy atom. The van der Waals surface area contributed by atoms with Crippen molar-refractivity contribution >= 4 is 28.2 Å². The predicted octanol–water partition coefficient (Wildman–Crippen LogP) is 3.06. The van der Waals surface area contributed by atoms with Gasteiger partial charge in [0.1, 0.15) is 0 Å². The van der Waals surface area contributed by atoms with Crippen molar-refractivity contribution in [2.75, 3.05) is 0 Å². The van der Waals surface area contributed by atoms with Gasteiger partial charge in [0.15, 0.2) is 5.52 Å². The Morgan fingerprint density at radius 3 is 2.83 bits per heavy atom. The largest absolute Gasteiger partial charge is 0.710 e. The summed E-state index contributed by atoms with van der Waals surface area (Å²) in [5.41, 5.74) is 0.886. The molecule has 3 heterocycles. The summed E-state index contributed by atoms with van der Waals surface area (Å²) in [4.78, 5) is 13.0. The van der Waals surface area contributed by atoms with Crippen molar-refractivity contribution < 1.29 is 19.1 Å². The molecule has 1 N–H and O–H groups in total. The summed E-state index contributed by atoms with van der Waals surface area (Å²) in [5.74, 6) is 0.0442. The van der Waals surface area contributed by atoms with Gasteiger partial charge in [0, 0.05) is 11.6 Å². The monoisotopic (exact) mass is 326 g/mol. The molecule has 23 heavy (non-hydrogen) atoms. The molecule has 1 aromatic carbocycles. The van der Waals surface area contributed by atoms with Crippen molar-refractivity contribution in [1.29, 1.82) is 0 Å². The molecule has 0 unspecified atom stereocenters. The maximum atomic E-state index is 12.5. The Hall–Kier alpha value is -3.06. The molecule has 7 heteroatoms. The van der Waals surface area contributed by atoms with Gasteiger partial charge in [0.05, 0.1) is 11.1 Å². The smallest absolute Gasteiger partial charge is 0.368 e. The van der Waals surface area contributed by atoms with Crippen molar-refractivity contribution in [3.05, 3.63) is 69.8 Å². The van der Waals surface area contributed by atoms with Crippen LogP contribution in [0.4, 0.5) is 0 Å². The lowest BCUT2D eigenvalue weighted by Crippen LogP contribution is -2.28. The highest BCUT2D eigenvalue weighted by Gasteiger charge is 2.26. The van der Waals surface area contributed by atoms with Gasteiger partial charge in [0.2, 0.25) is 17.1 Å². The van der Waals surface area contributed by atoms with Crippen LogP contribution >= 0.6 is 11.3 Å². The maximum Gasteiger partial charge on any atom is 0.368 e. The topological polar surface area (TPSA) is 82.3 Å². The molecule has 0 saturated heterocycles. The molecule has 0 saturated carbocycles. The molecule has 0 aliphatic carbocycles. The minimum Gasteiger partial charge on any atom is -0.710 e. The first kappa shape index (κ1) is 13.6. The second-order valence-corrected chi connectivity index (χ2v) is 5.86. The minimum atomic E-state index is -0.160. The number of furan rings is 1. The van der Waals surface area contributed by atoms with Crippen molar-refractivity contribution in [3.8, 4) is 11.6 Å². The summed E-state index contributed by atoms with van der Waals surface area (Å²) in [6.45, 7) is 0. The van der Waals surface area contributed by atoms with E-state index in [1.54, 1.807) is 30.3 Å². The number of hydrogen-bond donors (Lipinski definition) is 1. The molecule has 0 spiro atoms. The normalized spacial score (nSPS) is 11.1. The summed E-state index contributed by atoms with van der Waals surface area (Å²) in [6, 6.07) is 11.3.